The Kier molecular flexibility index (Phi) is 7.05. The molecule has 34 heavy (non-hydrogen) atoms. The van der Waals surface area contributed by atoms with Crippen molar-refractivity contribution in [3.63, 3.8) is 0 Å². The molecule has 4 rings (SSSR count). The van der Waals surface area contributed by atoms with Crippen molar-refractivity contribution in [3.05, 3.63) is 98.9 Å². The Morgan fingerprint density at radius 1 is 1.03 bits per heavy atom. The smallest absolute Gasteiger partial charge is 0.343 e. The zero-order valence-electron chi connectivity index (χ0n) is 18.4. The lowest BCUT2D eigenvalue weighted by molar-refractivity contribution is -0.123. The SMILES string of the molecule is COc1cc(/C=C2\SC(=O)N(Cc3cccc(Cl)c3)C2=O)ccc1OC(=O)c1ccc(C)cc1. The molecule has 0 unspecified atom stereocenters. The Morgan fingerprint density at radius 2 is 1.79 bits per heavy atom. The van der Waals surface area contributed by atoms with E-state index in [2.05, 4.69) is 0 Å². The van der Waals surface area contributed by atoms with Gasteiger partial charge >= 0.3 is 5.97 Å². The van der Waals surface area contributed by atoms with Crippen molar-refractivity contribution < 1.29 is 23.9 Å². The Hall–Kier alpha value is -3.55. The van der Waals surface area contributed by atoms with E-state index in [1.165, 1.54) is 12.0 Å². The quantitative estimate of drug-likeness (QED) is 0.234. The topological polar surface area (TPSA) is 72.9 Å². The summed E-state index contributed by atoms with van der Waals surface area (Å²) in [6.45, 7) is 2.07. The number of halogens is 1. The number of aryl methyl sites for hydroxylation is 1. The summed E-state index contributed by atoms with van der Waals surface area (Å²) in [6.07, 6.45) is 1.61. The third kappa shape index (κ3) is 5.32. The second-order valence-electron chi connectivity index (χ2n) is 7.56. The van der Waals surface area contributed by atoms with Gasteiger partial charge in [-0.3, -0.25) is 14.5 Å². The van der Waals surface area contributed by atoms with E-state index in [1.54, 1.807) is 60.7 Å². The van der Waals surface area contributed by atoms with Gasteiger partial charge in [-0.25, -0.2) is 4.79 Å². The van der Waals surface area contributed by atoms with Crippen LogP contribution in [-0.2, 0) is 11.3 Å². The molecule has 1 heterocycles. The predicted molar refractivity (Wildman–Crippen MR) is 132 cm³/mol. The van der Waals surface area contributed by atoms with Crippen LogP contribution in [0.5, 0.6) is 11.5 Å². The van der Waals surface area contributed by atoms with Gasteiger partial charge in [0.2, 0.25) is 0 Å². The highest BCUT2D eigenvalue weighted by molar-refractivity contribution is 8.18. The molecule has 172 valence electrons. The Bertz CT molecular complexity index is 1300. The Labute approximate surface area is 206 Å². The summed E-state index contributed by atoms with van der Waals surface area (Å²) in [5, 5.41) is 0.183. The number of nitrogens with zero attached hydrogens (tertiary/aromatic N) is 1. The first kappa shape index (κ1) is 23.6. The molecule has 3 aromatic rings. The largest absolute Gasteiger partial charge is 0.493 e. The molecule has 1 saturated heterocycles. The standard InChI is InChI=1S/C26H20ClNO5S/c1-16-6-9-19(10-7-16)25(30)33-21-11-8-17(13-22(21)32-2)14-23-24(29)28(26(31)34-23)15-18-4-3-5-20(27)12-18/h3-14H,15H2,1-2H3/b23-14-. The van der Waals surface area contributed by atoms with Crippen LogP contribution in [0, 0.1) is 6.92 Å². The summed E-state index contributed by atoms with van der Waals surface area (Å²) >= 11 is 6.87. The van der Waals surface area contributed by atoms with E-state index >= 15 is 0 Å². The lowest BCUT2D eigenvalue weighted by Crippen LogP contribution is -2.27. The van der Waals surface area contributed by atoms with Crippen molar-refractivity contribution in [1.29, 1.82) is 0 Å². The van der Waals surface area contributed by atoms with Gasteiger partial charge in [-0.15, -0.1) is 0 Å². The van der Waals surface area contributed by atoms with Gasteiger partial charge in [0.15, 0.2) is 11.5 Å². The number of amides is 2. The number of carbonyl (C=O) groups excluding carboxylic acids is 3. The molecule has 2 amide bonds. The first-order valence-electron chi connectivity index (χ1n) is 10.3. The fourth-order valence-electron chi connectivity index (χ4n) is 3.31. The van der Waals surface area contributed by atoms with E-state index in [-0.39, 0.29) is 23.4 Å². The van der Waals surface area contributed by atoms with Gasteiger partial charge in [0.25, 0.3) is 11.1 Å². The summed E-state index contributed by atoms with van der Waals surface area (Å²) in [5.74, 6) is -0.316. The maximum Gasteiger partial charge on any atom is 0.343 e. The molecule has 0 aliphatic carbocycles. The van der Waals surface area contributed by atoms with Gasteiger partial charge in [-0.1, -0.05) is 47.5 Å². The number of ether oxygens (including phenoxy) is 2. The number of benzene rings is 3. The van der Waals surface area contributed by atoms with E-state index in [9.17, 15) is 14.4 Å². The minimum atomic E-state index is -0.506. The first-order valence-corrected chi connectivity index (χ1v) is 11.5. The average Bonchev–Trinajstić information content (AvgIpc) is 3.07. The number of carbonyl (C=O) groups is 3. The molecule has 6 nitrogen and oxygen atoms in total. The Morgan fingerprint density at radius 3 is 2.50 bits per heavy atom. The first-order chi connectivity index (χ1) is 16.3. The summed E-state index contributed by atoms with van der Waals surface area (Å²) < 4.78 is 10.9. The lowest BCUT2D eigenvalue weighted by Gasteiger charge is -2.12. The highest BCUT2D eigenvalue weighted by atomic mass is 35.5. The maximum atomic E-state index is 12.8. The number of thioether (sulfide) groups is 1. The summed E-state index contributed by atoms with van der Waals surface area (Å²) in [5.41, 5.74) is 2.85. The van der Waals surface area contributed by atoms with Crippen molar-refractivity contribution in [2.45, 2.75) is 13.5 Å². The van der Waals surface area contributed by atoms with Crippen LogP contribution in [-0.4, -0.2) is 29.1 Å². The summed E-state index contributed by atoms with van der Waals surface area (Å²) in [4.78, 5) is 39.2. The highest BCUT2D eigenvalue weighted by Gasteiger charge is 2.35. The van der Waals surface area contributed by atoms with E-state index < -0.39 is 5.97 Å². The number of hydrogen-bond acceptors (Lipinski definition) is 6. The lowest BCUT2D eigenvalue weighted by atomic mass is 10.1. The number of esters is 1. The molecule has 1 aliphatic rings. The molecule has 1 fully saturated rings. The summed E-state index contributed by atoms with van der Waals surface area (Å²) in [7, 11) is 1.46. The third-order valence-electron chi connectivity index (χ3n) is 5.08. The van der Waals surface area contributed by atoms with E-state index in [4.69, 9.17) is 21.1 Å². The van der Waals surface area contributed by atoms with Gasteiger partial charge in [0, 0.05) is 5.02 Å². The fourth-order valence-corrected chi connectivity index (χ4v) is 4.36. The zero-order chi connectivity index (χ0) is 24.2. The molecule has 0 atom stereocenters. The van der Waals surface area contributed by atoms with Crippen LogP contribution >= 0.6 is 23.4 Å². The molecule has 1 aliphatic heterocycles. The predicted octanol–water partition coefficient (Wildman–Crippen LogP) is 6.11. The van der Waals surface area contributed by atoms with Gasteiger partial charge in [-0.2, -0.15) is 0 Å². The summed E-state index contributed by atoms with van der Waals surface area (Å²) in [6, 6.07) is 19.0. The molecule has 0 spiro atoms. The second kappa shape index (κ2) is 10.2. The van der Waals surface area contributed by atoms with Crippen LogP contribution in [0.1, 0.15) is 27.0 Å². The molecule has 3 aromatic carbocycles. The number of hydrogen-bond donors (Lipinski definition) is 0. The average molecular weight is 494 g/mol. The van der Waals surface area contributed by atoms with Crippen LogP contribution < -0.4 is 9.47 Å². The van der Waals surface area contributed by atoms with Crippen LogP contribution in [0.2, 0.25) is 5.02 Å². The van der Waals surface area contributed by atoms with Crippen LogP contribution in [0.25, 0.3) is 6.08 Å². The molecular formula is C26H20ClNO5S. The minimum absolute atomic E-state index is 0.139. The Balaban J connectivity index is 1.51. The monoisotopic (exact) mass is 493 g/mol. The van der Waals surface area contributed by atoms with Gasteiger partial charge in [0.05, 0.1) is 24.1 Å². The normalized spacial score (nSPS) is 14.6. The van der Waals surface area contributed by atoms with Crippen molar-refractivity contribution in [1.82, 2.24) is 4.90 Å². The number of methoxy groups -OCH3 is 1. The number of rotatable bonds is 6. The zero-order valence-corrected chi connectivity index (χ0v) is 20.0. The van der Waals surface area contributed by atoms with Crippen molar-refractivity contribution in [3.8, 4) is 11.5 Å². The second-order valence-corrected chi connectivity index (χ2v) is 8.99. The van der Waals surface area contributed by atoms with E-state index in [0.29, 0.717) is 26.8 Å². The van der Waals surface area contributed by atoms with Crippen LogP contribution in [0.15, 0.2) is 71.6 Å². The van der Waals surface area contributed by atoms with Crippen LogP contribution in [0.3, 0.4) is 0 Å². The van der Waals surface area contributed by atoms with Crippen molar-refractivity contribution in [2.75, 3.05) is 7.11 Å². The molecule has 0 N–H and O–H groups in total. The van der Waals surface area contributed by atoms with Gasteiger partial charge in [0.1, 0.15) is 0 Å². The van der Waals surface area contributed by atoms with Gasteiger partial charge in [-0.05, 0) is 72.3 Å². The van der Waals surface area contributed by atoms with Crippen molar-refractivity contribution >= 4 is 46.6 Å². The van der Waals surface area contributed by atoms with Crippen LogP contribution in [0.4, 0.5) is 4.79 Å². The highest BCUT2D eigenvalue weighted by Crippen LogP contribution is 2.35. The van der Waals surface area contributed by atoms with E-state index in [0.717, 1.165) is 22.9 Å². The third-order valence-corrected chi connectivity index (χ3v) is 6.22. The van der Waals surface area contributed by atoms with Gasteiger partial charge < -0.3 is 9.47 Å². The maximum absolute atomic E-state index is 12.8. The van der Waals surface area contributed by atoms with E-state index in [1.807, 2.05) is 19.1 Å². The minimum Gasteiger partial charge on any atom is -0.493 e. The number of imide groups is 1. The molecule has 8 heteroatoms. The fraction of sp³-hybridized carbons (Fsp3) is 0.115. The molecular weight excluding hydrogens is 474 g/mol. The molecule has 0 radical (unpaired) electrons. The molecule has 0 bridgehead atoms. The van der Waals surface area contributed by atoms with Crippen molar-refractivity contribution in [2.24, 2.45) is 0 Å². The molecule has 0 aromatic heterocycles. The molecule has 0 saturated carbocycles.